The van der Waals surface area contributed by atoms with Crippen molar-refractivity contribution in [2.75, 3.05) is 12.3 Å². The molecule has 2 N–H and O–H groups in total. The SMILES string of the molecule is C1CNC(CSc2nn[nH]n2)C1. The number of hydrogen-bond donors (Lipinski definition) is 2. The second kappa shape index (κ2) is 3.86. The molecule has 0 amide bonds. The van der Waals surface area contributed by atoms with Crippen LogP contribution in [0.15, 0.2) is 5.16 Å². The van der Waals surface area contributed by atoms with E-state index in [0.717, 1.165) is 17.5 Å². The highest BCUT2D eigenvalue weighted by atomic mass is 32.2. The minimum atomic E-state index is 0.633. The van der Waals surface area contributed by atoms with Gasteiger partial charge in [-0.05, 0) is 24.6 Å². The van der Waals surface area contributed by atoms with Crippen LogP contribution in [0.25, 0.3) is 0 Å². The average molecular weight is 185 g/mol. The van der Waals surface area contributed by atoms with Crippen molar-refractivity contribution in [1.29, 1.82) is 0 Å². The highest BCUT2D eigenvalue weighted by Crippen LogP contribution is 2.16. The summed E-state index contributed by atoms with van der Waals surface area (Å²) in [6.45, 7) is 1.15. The number of nitrogens with one attached hydrogen (secondary N) is 2. The van der Waals surface area contributed by atoms with E-state index in [9.17, 15) is 0 Å². The van der Waals surface area contributed by atoms with Crippen molar-refractivity contribution in [3.63, 3.8) is 0 Å². The largest absolute Gasteiger partial charge is 0.313 e. The first-order chi connectivity index (χ1) is 5.95. The molecule has 0 spiro atoms. The summed E-state index contributed by atoms with van der Waals surface area (Å²) in [5, 5.41) is 17.8. The Hall–Kier alpha value is -0.620. The Balaban J connectivity index is 1.74. The smallest absolute Gasteiger partial charge is 0.231 e. The molecule has 1 aromatic heterocycles. The average Bonchev–Trinajstić information content (AvgIpc) is 2.74. The monoisotopic (exact) mass is 185 g/mol. The Morgan fingerprint density at radius 2 is 2.58 bits per heavy atom. The fraction of sp³-hybridized carbons (Fsp3) is 0.833. The van der Waals surface area contributed by atoms with Crippen molar-refractivity contribution in [3.8, 4) is 0 Å². The fourth-order valence-electron chi connectivity index (χ4n) is 1.29. The topological polar surface area (TPSA) is 66.5 Å². The van der Waals surface area contributed by atoms with Crippen molar-refractivity contribution < 1.29 is 0 Å². The number of H-pyrrole nitrogens is 1. The fourth-order valence-corrected chi connectivity index (χ4v) is 2.13. The van der Waals surface area contributed by atoms with Crippen LogP contribution >= 0.6 is 11.8 Å². The molecule has 1 unspecified atom stereocenters. The van der Waals surface area contributed by atoms with Crippen LogP contribution in [0.3, 0.4) is 0 Å². The Morgan fingerprint density at radius 3 is 3.25 bits per heavy atom. The second-order valence-corrected chi connectivity index (χ2v) is 3.79. The molecule has 1 fully saturated rings. The summed E-state index contributed by atoms with van der Waals surface area (Å²) < 4.78 is 0. The lowest BCUT2D eigenvalue weighted by Gasteiger charge is -2.05. The summed E-state index contributed by atoms with van der Waals surface area (Å²) in [7, 11) is 0. The van der Waals surface area contributed by atoms with Gasteiger partial charge >= 0.3 is 0 Å². The Kier molecular flexibility index (Phi) is 2.57. The van der Waals surface area contributed by atoms with Crippen LogP contribution in [0.2, 0.25) is 0 Å². The van der Waals surface area contributed by atoms with Gasteiger partial charge in [-0.3, -0.25) is 0 Å². The number of rotatable bonds is 3. The van der Waals surface area contributed by atoms with E-state index in [4.69, 9.17) is 0 Å². The molecule has 0 aromatic carbocycles. The zero-order chi connectivity index (χ0) is 8.23. The van der Waals surface area contributed by atoms with Crippen molar-refractivity contribution in [3.05, 3.63) is 0 Å². The van der Waals surface area contributed by atoms with Crippen LogP contribution in [0.4, 0.5) is 0 Å². The van der Waals surface area contributed by atoms with Crippen molar-refractivity contribution in [1.82, 2.24) is 25.9 Å². The summed E-state index contributed by atoms with van der Waals surface area (Å²) in [5.74, 6) is 1.04. The van der Waals surface area contributed by atoms with Crippen LogP contribution < -0.4 is 5.32 Å². The van der Waals surface area contributed by atoms with E-state index < -0.39 is 0 Å². The number of tetrazole rings is 1. The lowest BCUT2D eigenvalue weighted by Crippen LogP contribution is -2.23. The lowest BCUT2D eigenvalue weighted by molar-refractivity contribution is 0.673. The first-order valence-corrected chi connectivity index (χ1v) is 5.03. The maximum atomic E-state index is 3.87. The van der Waals surface area contributed by atoms with Crippen molar-refractivity contribution in [2.24, 2.45) is 0 Å². The molecule has 1 atom stereocenters. The quantitative estimate of drug-likeness (QED) is 0.651. The molecule has 1 saturated heterocycles. The van der Waals surface area contributed by atoms with E-state index in [0.29, 0.717) is 6.04 Å². The van der Waals surface area contributed by atoms with E-state index in [1.807, 2.05) is 0 Å². The molecule has 1 aliphatic rings. The van der Waals surface area contributed by atoms with Crippen LogP contribution in [0.5, 0.6) is 0 Å². The van der Waals surface area contributed by atoms with Gasteiger partial charge in [-0.25, -0.2) is 0 Å². The van der Waals surface area contributed by atoms with E-state index in [2.05, 4.69) is 25.9 Å². The number of aromatic amines is 1. The highest BCUT2D eigenvalue weighted by Gasteiger charge is 2.14. The van der Waals surface area contributed by atoms with Gasteiger partial charge in [-0.2, -0.15) is 5.21 Å². The third-order valence-electron chi connectivity index (χ3n) is 1.90. The van der Waals surface area contributed by atoms with Gasteiger partial charge in [0.2, 0.25) is 5.16 Å². The van der Waals surface area contributed by atoms with Gasteiger partial charge in [0.25, 0.3) is 0 Å². The summed E-state index contributed by atoms with van der Waals surface area (Å²) in [6.07, 6.45) is 2.56. The van der Waals surface area contributed by atoms with E-state index in [1.54, 1.807) is 11.8 Å². The predicted molar refractivity (Wildman–Crippen MR) is 45.9 cm³/mol. The molecule has 2 rings (SSSR count). The molecule has 0 saturated carbocycles. The molecule has 0 bridgehead atoms. The molecule has 6 heteroatoms. The van der Waals surface area contributed by atoms with Crippen LogP contribution in [0.1, 0.15) is 12.8 Å². The minimum absolute atomic E-state index is 0.633. The first-order valence-electron chi connectivity index (χ1n) is 4.05. The zero-order valence-electron chi connectivity index (χ0n) is 6.66. The van der Waals surface area contributed by atoms with E-state index in [1.165, 1.54) is 12.8 Å². The van der Waals surface area contributed by atoms with Crippen LogP contribution in [-0.2, 0) is 0 Å². The Bertz CT molecular complexity index is 218. The van der Waals surface area contributed by atoms with Gasteiger partial charge < -0.3 is 5.32 Å². The molecule has 2 heterocycles. The number of thioether (sulfide) groups is 1. The number of aromatic nitrogens is 4. The zero-order valence-corrected chi connectivity index (χ0v) is 7.47. The van der Waals surface area contributed by atoms with Crippen LogP contribution in [0, 0.1) is 0 Å². The van der Waals surface area contributed by atoms with Gasteiger partial charge in [0.05, 0.1) is 0 Å². The molecule has 5 nitrogen and oxygen atoms in total. The summed E-state index contributed by atoms with van der Waals surface area (Å²) in [6, 6.07) is 0.633. The lowest BCUT2D eigenvalue weighted by atomic mass is 10.3. The molecule has 0 aliphatic carbocycles. The third kappa shape index (κ3) is 1.95. The molecule has 12 heavy (non-hydrogen) atoms. The Labute approximate surface area is 74.7 Å². The molecule has 1 aromatic rings. The van der Waals surface area contributed by atoms with Crippen molar-refractivity contribution in [2.45, 2.75) is 24.0 Å². The molecule has 1 aliphatic heterocycles. The van der Waals surface area contributed by atoms with Crippen molar-refractivity contribution >= 4 is 11.8 Å². The normalized spacial score (nSPS) is 23.2. The van der Waals surface area contributed by atoms with E-state index >= 15 is 0 Å². The van der Waals surface area contributed by atoms with Crippen LogP contribution in [-0.4, -0.2) is 39.0 Å². The predicted octanol–water partition coefficient (Wildman–Crippen LogP) is 0.0438. The Morgan fingerprint density at radius 1 is 1.58 bits per heavy atom. The van der Waals surface area contributed by atoms with Gasteiger partial charge in [0.1, 0.15) is 0 Å². The van der Waals surface area contributed by atoms with Gasteiger partial charge in [-0.15, -0.1) is 10.2 Å². The summed E-state index contributed by atoms with van der Waals surface area (Å²) in [4.78, 5) is 0. The minimum Gasteiger partial charge on any atom is -0.313 e. The number of hydrogen-bond acceptors (Lipinski definition) is 5. The van der Waals surface area contributed by atoms with Gasteiger partial charge in [0, 0.05) is 11.8 Å². The highest BCUT2D eigenvalue weighted by molar-refractivity contribution is 7.99. The molecule has 0 radical (unpaired) electrons. The second-order valence-electron chi connectivity index (χ2n) is 2.80. The first kappa shape index (κ1) is 8.00. The number of nitrogens with zero attached hydrogens (tertiary/aromatic N) is 3. The third-order valence-corrected chi connectivity index (χ3v) is 2.90. The van der Waals surface area contributed by atoms with Gasteiger partial charge in [0.15, 0.2) is 0 Å². The summed E-state index contributed by atoms with van der Waals surface area (Å²) in [5.41, 5.74) is 0. The maximum absolute atomic E-state index is 3.87. The maximum Gasteiger partial charge on any atom is 0.231 e. The van der Waals surface area contributed by atoms with E-state index in [-0.39, 0.29) is 0 Å². The van der Waals surface area contributed by atoms with Gasteiger partial charge in [-0.1, -0.05) is 11.8 Å². The molecule has 66 valence electrons. The summed E-state index contributed by atoms with van der Waals surface area (Å²) >= 11 is 1.65. The molecular formula is C6H11N5S. The standard InChI is InChI=1S/C6H11N5S/c1-2-5(7-3-1)4-12-6-8-10-11-9-6/h5,7H,1-4H2,(H,8,9,10,11). The molecular weight excluding hydrogens is 174 g/mol.